The molecule has 86 valence electrons. The molecule has 1 fully saturated rings. The van der Waals surface area contributed by atoms with Crippen LogP contribution in [0.4, 0.5) is 11.4 Å². The summed E-state index contributed by atoms with van der Waals surface area (Å²) in [7, 11) is 0. The van der Waals surface area contributed by atoms with Gasteiger partial charge >= 0.3 is 97.2 Å². The third-order valence-electron chi connectivity index (χ3n) is 2.93. The predicted octanol–water partition coefficient (Wildman–Crippen LogP) is -1.51. The fourth-order valence-corrected chi connectivity index (χ4v) is 9.95. The van der Waals surface area contributed by atoms with Gasteiger partial charge < -0.3 is 0 Å². The van der Waals surface area contributed by atoms with Crippen LogP contribution in [0.2, 0.25) is 0 Å². The van der Waals surface area contributed by atoms with Gasteiger partial charge in [-0.2, -0.15) is 0 Å². The van der Waals surface area contributed by atoms with E-state index in [2.05, 4.69) is 13.0 Å². The first-order valence-corrected chi connectivity index (χ1v) is 10.7. The number of benzene rings is 1. The van der Waals surface area contributed by atoms with Crippen molar-refractivity contribution in [1.29, 1.82) is 0 Å². The van der Waals surface area contributed by atoms with E-state index >= 15 is 0 Å². The zero-order chi connectivity index (χ0) is 11.3. The van der Waals surface area contributed by atoms with Crippen molar-refractivity contribution in [1.82, 2.24) is 0 Å². The fourth-order valence-electron chi connectivity index (χ4n) is 1.82. The number of non-ortho nitro benzene ring substituents is 1. The molecule has 0 radical (unpaired) electrons. The molecule has 2 atom stereocenters. The Kier molecular flexibility index (Phi) is 1.97. The van der Waals surface area contributed by atoms with Crippen LogP contribution in [-0.4, -0.2) is 24.7 Å². The molecule has 0 aliphatic carbocycles. The normalized spacial score (nSPS) is 34.3. The standard InChI is InChI=1S/C10H11IN3O2/c1-11-6-10(11)13(7-12-11)8-2-4-9(5-3-8)14(15)16/h2-5,7,10H,6H2,1H3/q-1/t10-/m0/s1. The van der Waals surface area contributed by atoms with Gasteiger partial charge in [-0.15, -0.1) is 0 Å². The van der Waals surface area contributed by atoms with Crippen LogP contribution in [0.1, 0.15) is 0 Å². The summed E-state index contributed by atoms with van der Waals surface area (Å²) in [6, 6.07) is 6.70. The molecule has 1 aromatic carbocycles. The summed E-state index contributed by atoms with van der Waals surface area (Å²) in [4.78, 5) is 14.6. The van der Waals surface area contributed by atoms with E-state index in [1.165, 1.54) is 4.43 Å². The number of anilines is 1. The minimum absolute atomic E-state index is 0.138. The molecule has 3 rings (SSSR count). The summed E-state index contributed by atoms with van der Waals surface area (Å²) in [6.07, 6.45) is 1.91. The SMILES string of the molecule is C[I-]12C[C@@H]1N(c1ccc([N+](=O)[O-])cc1)C=N2. The van der Waals surface area contributed by atoms with Crippen molar-refractivity contribution in [3.05, 3.63) is 34.4 Å². The van der Waals surface area contributed by atoms with Gasteiger partial charge in [0.25, 0.3) is 0 Å². The molecule has 1 aromatic rings. The molecular weight excluding hydrogens is 321 g/mol. The van der Waals surface area contributed by atoms with Gasteiger partial charge in [0.15, 0.2) is 0 Å². The number of nitro benzene ring substituents is 1. The Balaban J connectivity index is 1.86. The van der Waals surface area contributed by atoms with E-state index in [9.17, 15) is 10.1 Å². The Bertz CT molecular complexity index is 487. The maximum absolute atomic E-state index is 10.5. The van der Waals surface area contributed by atoms with Gasteiger partial charge in [-0.25, -0.2) is 0 Å². The molecule has 0 bridgehead atoms. The second-order valence-electron chi connectivity index (χ2n) is 4.01. The van der Waals surface area contributed by atoms with Crippen molar-refractivity contribution < 1.29 is 23.6 Å². The molecule has 0 N–H and O–H groups in total. The molecule has 2 heterocycles. The number of alkyl halides is 3. The zero-order valence-electron chi connectivity index (χ0n) is 8.71. The molecule has 16 heavy (non-hydrogen) atoms. The first-order valence-electron chi connectivity index (χ1n) is 4.85. The Labute approximate surface area is 97.2 Å². The van der Waals surface area contributed by atoms with Gasteiger partial charge in [0, 0.05) is 0 Å². The van der Waals surface area contributed by atoms with Crippen molar-refractivity contribution in [3.8, 4) is 0 Å². The molecule has 1 saturated heterocycles. The Hall–Kier alpha value is -1.18. The van der Waals surface area contributed by atoms with Crippen molar-refractivity contribution in [2.45, 2.75) is 4.05 Å². The third-order valence-corrected chi connectivity index (χ3v) is 10.1. The molecule has 6 heteroatoms. The number of fused-ring (bicyclic) bond motifs is 1. The number of rotatable bonds is 2. The van der Waals surface area contributed by atoms with Gasteiger partial charge in [-0.05, 0) is 0 Å². The second kappa shape index (κ2) is 3.16. The second-order valence-corrected chi connectivity index (χ2v) is 12.7. The summed E-state index contributed by atoms with van der Waals surface area (Å²) in [5, 5.41) is 10.5. The van der Waals surface area contributed by atoms with Crippen LogP contribution >= 0.6 is 0 Å². The summed E-state index contributed by atoms with van der Waals surface area (Å²) >= 11 is -1.70. The Morgan fingerprint density at radius 1 is 1.50 bits per heavy atom. The molecule has 0 saturated carbocycles. The summed E-state index contributed by atoms with van der Waals surface area (Å²) in [5.41, 5.74) is 1.16. The van der Waals surface area contributed by atoms with Crippen molar-refractivity contribution in [3.63, 3.8) is 0 Å². The number of halogens is 1. The minimum atomic E-state index is -1.70. The van der Waals surface area contributed by atoms with E-state index in [1.54, 1.807) is 24.3 Å². The summed E-state index contributed by atoms with van der Waals surface area (Å²) in [6.45, 7) is 0. The van der Waals surface area contributed by atoms with E-state index in [-0.39, 0.29) is 10.6 Å². The van der Waals surface area contributed by atoms with Crippen molar-refractivity contribution in [2.75, 3.05) is 14.3 Å². The maximum atomic E-state index is 10.5. The summed E-state index contributed by atoms with van der Waals surface area (Å²) < 4.78 is 6.47. The third kappa shape index (κ3) is 1.40. The number of hydrogen-bond donors (Lipinski definition) is 0. The van der Waals surface area contributed by atoms with Gasteiger partial charge in [-0.1, -0.05) is 0 Å². The van der Waals surface area contributed by atoms with E-state index in [1.807, 2.05) is 6.34 Å². The monoisotopic (exact) mass is 332 g/mol. The number of hydrogen-bond acceptors (Lipinski definition) is 4. The van der Waals surface area contributed by atoms with Crippen LogP contribution in [0.25, 0.3) is 0 Å². The van der Waals surface area contributed by atoms with Crippen LogP contribution in [0.5, 0.6) is 0 Å². The van der Waals surface area contributed by atoms with Crippen LogP contribution in [0.15, 0.2) is 27.5 Å². The molecule has 5 nitrogen and oxygen atoms in total. The summed E-state index contributed by atoms with van der Waals surface area (Å²) in [5.74, 6) is 0. The Morgan fingerprint density at radius 3 is 2.62 bits per heavy atom. The van der Waals surface area contributed by atoms with E-state index in [4.69, 9.17) is 0 Å². The van der Waals surface area contributed by atoms with Crippen LogP contribution in [-0.2, 0) is 0 Å². The first-order chi connectivity index (χ1) is 7.60. The average molecular weight is 332 g/mol. The Morgan fingerprint density at radius 2 is 2.19 bits per heavy atom. The van der Waals surface area contributed by atoms with E-state index in [0.29, 0.717) is 4.05 Å². The molecule has 1 unspecified atom stereocenters. The molecule has 0 aromatic heterocycles. The molecule has 2 aliphatic rings. The topological polar surface area (TPSA) is 58.7 Å². The van der Waals surface area contributed by atoms with Crippen molar-refractivity contribution >= 4 is 17.7 Å². The first kappa shape index (κ1) is 10.0. The number of nitrogens with zero attached hydrogens (tertiary/aromatic N) is 3. The van der Waals surface area contributed by atoms with E-state index < -0.39 is 18.7 Å². The van der Waals surface area contributed by atoms with Gasteiger partial charge in [-0.3, -0.25) is 0 Å². The van der Waals surface area contributed by atoms with E-state index in [0.717, 1.165) is 5.69 Å². The predicted molar refractivity (Wildman–Crippen MR) is 58.6 cm³/mol. The van der Waals surface area contributed by atoms with Crippen LogP contribution < -0.4 is 23.6 Å². The van der Waals surface area contributed by atoms with Crippen LogP contribution in [0, 0.1) is 10.1 Å². The molecular formula is C10H11IN3O2-. The number of nitro groups is 1. The average Bonchev–Trinajstić information content (AvgIpc) is 2.82. The molecule has 0 spiro atoms. The fraction of sp³-hybridized carbons (Fsp3) is 0.300. The van der Waals surface area contributed by atoms with Gasteiger partial charge in [0.2, 0.25) is 0 Å². The van der Waals surface area contributed by atoms with Gasteiger partial charge in [0.05, 0.1) is 0 Å². The van der Waals surface area contributed by atoms with Crippen molar-refractivity contribution in [2.24, 2.45) is 3.21 Å². The van der Waals surface area contributed by atoms with Crippen LogP contribution in [0.3, 0.4) is 0 Å². The molecule has 0 amide bonds. The molecule has 2 aliphatic heterocycles. The van der Waals surface area contributed by atoms with Gasteiger partial charge in [0.1, 0.15) is 0 Å². The quantitative estimate of drug-likeness (QED) is 0.218. The zero-order valence-corrected chi connectivity index (χ0v) is 10.9.